The summed E-state index contributed by atoms with van der Waals surface area (Å²) in [5.41, 5.74) is -0.590. The lowest BCUT2D eigenvalue weighted by molar-refractivity contribution is -0.123. The molecule has 114 valence electrons. The SMILES string of the molecule is CCCc1[nH]nc(C(=O)NCC(F)(F)F)c1S(=O)(=O)Cl. The van der Waals surface area contributed by atoms with Crippen molar-refractivity contribution in [2.24, 2.45) is 0 Å². The lowest BCUT2D eigenvalue weighted by Crippen LogP contribution is -2.34. The predicted molar refractivity (Wildman–Crippen MR) is 64.0 cm³/mol. The number of hydrogen-bond donors (Lipinski definition) is 2. The summed E-state index contributed by atoms with van der Waals surface area (Å²) >= 11 is 0. The van der Waals surface area contributed by atoms with Crippen LogP contribution in [0.4, 0.5) is 13.2 Å². The third-order valence-corrected chi connectivity index (χ3v) is 3.59. The zero-order chi connectivity index (χ0) is 15.6. The Balaban J connectivity index is 3.10. The second-order valence-corrected chi connectivity index (χ2v) is 6.37. The van der Waals surface area contributed by atoms with E-state index in [1.165, 1.54) is 5.32 Å². The molecule has 20 heavy (non-hydrogen) atoms. The summed E-state index contributed by atoms with van der Waals surface area (Å²) in [4.78, 5) is 11.0. The Morgan fingerprint density at radius 2 is 2.05 bits per heavy atom. The first-order valence-corrected chi connectivity index (χ1v) is 7.74. The van der Waals surface area contributed by atoms with Crippen molar-refractivity contribution < 1.29 is 26.4 Å². The number of hydrogen-bond acceptors (Lipinski definition) is 4. The molecule has 1 heterocycles. The van der Waals surface area contributed by atoms with Gasteiger partial charge >= 0.3 is 6.18 Å². The maximum atomic E-state index is 12.0. The Morgan fingerprint density at radius 3 is 2.50 bits per heavy atom. The standard InChI is InChI=1S/C9H11ClF3N3O3S/c1-2-3-5-7(20(10,18)19)6(16-15-5)8(17)14-4-9(11,12)13/h2-4H2,1H3,(H,14,17)(H,15,16). The van der Waals surface area contributed by atoms with E-state index < -0.39 is 38.3 Å². The van der Waals surface area contributed by atoms with Gasteiger partial charge in [-0.1, -0.05) is 13.3 Å². The number of aromatic nitrogens is 2. The highest BCUT2D eigenvalue weighted by molar-refractivity contribution is 8.13. The molecular formula is C9H11ClF3N3O3S. The van der Waals surface area contributed by atoms with Gasteiger partial charge in [0.1, 0.15) is 11.4 Å². The molecule has 0 aliphatic rings. The molecule has 0 saturated carbocycles. The minimum atomic E-state index is -4.61. The zero-order valence-corrected chi connectivity index (χ0v) is 11.8. The fraction of sp³-hybridized carbons (Fsp3) is 0.556. The van der Waals surface area contributed by atoms with Crippen LogP contribution in [-0.4, -0.2) is 37.2 Å². The maximum absolute atomic E-state index is 12.0. The van der Waals surface area contributed by atoms with Crippen molar-refractivity contribution in [2.45, 2.75) is 30.8 Å². The van der Waals surface area contributed by atoms with Crippen molar-refractivity contribution in [1.82, 2.24) is 15.5 Å². The van der Waals surface area contributed by atoms with Gasteiger partial charge in [0.15, 0.2) is 5.69 Å². The average Bonchev–Trinajstić information content (AvgIpc) is 2.69. The quantitative estimate of drug-likeness (QED) is 0.800. The summed E-state index contributed by atoms with van der Waals surface area (Å²) in [6, 6.07) is 0. The molecule has 0 fully saturated rings. The van der Waals surface area contributed by atoms with Crippen molar-refractivity contribution in [3.05, 3.63) is 11.4 Å². The number of aromatic amines is 1. The number of H-pyrrole nitrogens is 1. The lowest BCUT2D eigenvalue weighted by atomic mass is 10.2. The van der Waals surface area contributed by atoms with E-state index in [1.807, 2.05) is 0 Å². The average molecular weight is 334 g/mol. The van der Waals surface area contributed by atoms with Crippen LogP contribution in [-0.2, 0) is 15.5 Å². The molecule has 0 aliphatic heterocycles. The Bertz CT molecular complexity index is 597. The minimum absolute atomic E-state index is 0.0830. The van der Waals surface area contributed by atoms with Gasteiger partial charge < -0.3 is 5.32 Å². The monoisotopic (exact) mass is 333 g/mol. The Morgan fingerprint density at radius 1 is 1.45 bits per heavy atom. The molecule has 0 saturated heterocycles. The molecule has 0 aromatic carbocycles. The van der Waals surface area contributed by atoms with Crippen molar-refractivity contribution >= 4 is 25.6 Å². The molecule has 0 radical (unpaired) electrons. The van der Waals surface area contributed by atoms with Crippen molar-refractivity contribution in [3.8, 4) is 0 Å². The first-order chi connectivity index (χ1) is 9.06. The molecule has 1 aromatic heterocycles. The first kappa shape index (κ1) is 16.8. The van der Waals surface area contributed by atoms with Crippen molar-refractivity contribution in [1.29, 1.82) is 0 Å². The van der Waals surface area contributed by atoms with Gasteiger partial charge in [-0.3, -0.25) is 9.89 Å². The normalized spacial score (nSPS) is 12.4. The molecule has 0 atom stereocenters. The number of rotatable bonds is 5. The number of carbonyl (C=O) groups excluding carboxylic acids is 1. The molecule has 0 bridgehead atoms. The number of aryl methyl sites for hydroxylation is 1. The molecule has 1 amide bonds. The molecule has 6 nitrogen and oxygen atoms in total. The fourth-order valence-corrected chi connectivity index (χ4v) is 2.78. The number of alkyl halides is 3. The van der Waals surface area contributed by atoms with Crippen molar-refractivity contribution in [2.75, 3.05) is 6.54 Å². The highest BCUT2D eigenvalue weighted by Gasteiger charge is 2.32. The molecule has 0 spiro atoms. The van der Waals surface area contributed by atoms with Crippen LogP contribution in [0.2, 0.25) is 0 Å². The summed E-state index contributed by atoms with van der Waals surface area (Å²) in [5.74, 6) is -1.26. The van der Waals surface area contributed by atoms with E-state index >= 15 is 0 Å². The van der Waals surface area contributed by atoms with E-state index in [0.29, 0.717) is 6.42 Å². The smallest absolute Gasteiger partial charge is 0.341 e. The summed E-state index contributed by atoms with van der Waals surface area (Å²) in [5, 5.41) is 7.28. The van der Waals surface area contributed by atoms with Gasteiger partial charge in [0.25, 0.3) is 15.0 Å². The second kappa shape index (κ2) is 6.00. The van der Waals surface area contributed by atoms with Gasteiger partial charge in [-0.05, 0) is 6.42 Å². The largest absolute Gasteiger partial charge is 0.405 e. The first-order valence-electron chi connectivity index (χ1n) is 5.43. The summed E-state index contributed by atoms with van der Waals surface area (Å²) in [6.07, 6.45) is -3.84. The third-order valence-electron chi connectivity index (χ3n) is 2.20. The maximum Gasteiger partial charge on any atom is 0.405 e. The predicted octanol–water partition coefficient (Wildman–Crippen LogP) is 1.58. The lowest BCUT2D eigenvalue weighted by Gasteiger charge is -2.07. The Labute approximate surface area is 117 Å². The highest BCUT2D eigenvalue weighted by Crippen LogP contribution is 2.23. The van der Waals surface area contributed by atoms with Crippen molar-refractivity contribution in [3.63, 3.8) is 0 Å². The number of nitrogens with zero attached hydrogens (tertiary/aromatic N) is 1. The molecule has 1 rings (SSSR count). The van der Waals surface area contributed by atoms with Gasteiger partial charge in [-0.25, -0.2) is 8.42 Å². The second-order valence-electron chi connectivity index (χ2n) is 3.87. The number of halogens is 4. The number of amides is 1. The van der Waals surface area contributed by atoms with Crippen LogP contribution in [0.3, 0.4) is 0 Å². The summed E-state index contributed by atoms with van der Waals surface area (Å²) in [6.45, 7) is 0.151. The Kier molecular flexibility index (Phi) is 5.03. The zero-order valence-electron chi connectivity index (χ0n) is 10.2. The summed E-state index contributed by atoms with van der Waals surface area (Å²) in [7, 11) is 0.885. The van der Waals surface area contributed by atoms with Gasteiger partial charge in [-0.15, -0.1) is 0 Å². The van der Waals surface area contributed by atoms with Gasteiger partial charge in [0, 0.05) is 10.7 Å². The van der Waals surface area contributed by atoms with Crippen LogP contribution in [0.15, 0.2) is 4.90 Å². The van der Waals surface area contributed by atoms with Gasteiger partial charge in [0.05, 0.1) is 5.69 Å². The van der Waals surface area contributed by atoms with E-state index in [0.717, 1.165) is 0 Å². The van der Waals surface area contributed by atoms with Gasteiger partial charge in [0.2, 0.25) is 0 Å². The van der Waals surface area contributed by atoms with Crippen LogP contribution in [0.25, 0.3) is 0 Å². The molecular weight excluding hydrogens is 323 g/mol. The number of nitrogens with one attached hydrogen (secondary N) is 2. The summed E-state index contributed by atoms with van der Waals surface area (Å²) < 4.78 is 58.9. The number of carbonyl (C=O) groups is 1. The topological polar surface area (TPSA) is 91.9 Å². The Hall–Kier alpha value is -1.29. The minimum Gasteiger partial charge on any atom is -0.341 e. The molecule has 0 aliphatic carbocycles. The van der Waals surface area contributed by atoms with Crippen LogP contribution >= 0.6 is 10.7 Å². The van der Waals surface area contributed by atoms with E-state index in [4.69, 9.17) is 10.7 Å². The van der Waals surface area contributed by atoms with E-state index in [1.54, 1.807) is 6.92 Å². The van der Waals surface area contributed by atoms with Crippen LogP contribution in [0, 0.1) is 0 Å². The van der Waals surface area contributed by atoms with Crippen LogP contribution in [0.1, 0.15) is 29.5 Å². The van der Waals surface area contributed by atoms with E-state index in [9.17, 15) is 26.4 Å². The highest BCUT2D eigenvalue weighted by atomic mass is 35.7. The fourth-order valence-electron chi connectivity index (χ4n) is 1.47. The van der Waals surface area contributed by atoms with E-state index in [-0.39, 0.29) is 12.1 Å². The van der Waals surface area contributed by atoms with Gasteiger partial charge in [-0.2, -0.15) is 18.3 Å². The van der Waals surface area contributed by atoms with Crippen LogP contribution in [0.5, 0.6) is 0 Å². The molecule has 2 N–H and O–H groups in total. The van der Waals surface area contributed by atoms with E-state index in [2.05, 4.69) is 10.2 Å². The van der Waals surface area contributed by atoms with Crippen LogP contribution < -0.4 is 5.32 Å². The third kappa shape index (κ3) is 4.37. The molecule has 0 unspecified atom stereocenters. The molecule has 1 aromatic rings. The molecule has 11 heteroatoms.